The van der Waals surface area contributed by atoms with Crippen LogP contribution in [0.2, 0.25) is 0 Å². The van der Waals surface area contributed by atoms with Gasteiger partial charge in [-0.2, -0.15) is 0 Å². The van der Waals surface area contributed by atoms with Crippen LogP contribution < -0.4 is 5.32 Å². The highest BCUT2D eigenvalue weighted by Gasteiger charge is 2.38. The summed E-state index contributed by atoms with van der Waals surface area (Å²) in [4.78, 5) is 13.2. The Morgan fingerprint density at radius 3 is 2.72 bits per heavy atom. The standard InChI is InChI=1S/C14H26N2O2/c1-16(2)13(17)11-15-12-6-9-18-14(10-12)7-4-3-5-8-14/h12,15H,3-11H2,1-2H3. The Kier molecular flexibility index (Phi) is 4.62. The van der Waals surface area contributed by atoms with Crippen molar-refractivity contribution >= 4 is 5.91 Å². The van der Waals surface area contributed by atoms with Crippen LogP contribution in [0.25, 0.3) is 0 Å². The van der Waals surface area contributed by atoms with Gasteiger partial charge < -0.3 is 15.0 Å². The summed E-state index contributed by atoms with van der Waals surface area (Å²) in [5, 5.41) is 3.40. The number of carbonyl (C=O) groups excluding carboxylic acids is 1. The van der Waals surface area contributed by atoms with Crippen molar-refractivity contribution in [3.63, 3.8) is 0 Å². The Bertz CT molecular complexity index is 280. The summed E-state index contributed by atoms with van der Waals surface area (Å²) in [6, 6.07) is 0.445. The van der Waals surface area contributed by atoms with E-state index >= 15 is 0 Å². The highest BCUT2D eigenvalue weighted by Crippen LogP contribution is 2.38. The molecular formula is C14H26N2O2. The second kappa shape index (κ2) is 6.02. The lowest BCUT2D eigenvalue weighted by atomic mass is 9.78. The molecule has 1 saturated carbocycles. The maximum absolute atomic E-state index is 11.6. The number of rotatable bonds is 3. The van der Waals surface area contributed by atoms with E-state index in [0.717, 1.165) is 19.4 Å². The van der Waals surface area contributed by atoms with E-state index in [2.05, 4.69) is 5.32 Å². The molecule has 1 aliphatic heterocycles. The third-order valence-corrected chi connectivity index (χ3v) is 4.30. The molecule has 1 N–H and O–H groups in total. The molecule has 1 unspecified atom stereocenters. The van der Waals surface area contributed by atoms with E-state index in [0.29, 0.717) is 12.6 Å². The summed E-state index contributed by atoms with van der Waals surface area (Å²) in [6.07, 6.45) is 8.45. The first-order valence-corrected chi connectivity index (χ1v) is 7.19. The van der Waals surface area contributed by atoms with Crippen LogP contribution in [0.4, 0.5) is 0 Å². The Hall–Kier alpha value is -0.610. The van der Waals surface area contributed by atoms with Crippen molar-refractivity contribution in [2.75, 3.05) is 27.2 Å². The average Bonchev–Trinajstić information content (AvgIpc) is 2.37. The van der Waals surface area contributed by atoms with E-state index in [4.69, 9.17) is 4.74 Å². The van der Waals surface area contributed by atoms with Crippen LogP contribution in [-0.4, -0.2) is 49.7 Å². The van der Waals surface area contributed by atoms with Crippen molar-refractivity contribution < 1.29 is 9.53 Å². The van der Waals surface area contributed by atoms with Gasteiger partial charge in [0.05, 0.1) is 12.1 Å². The zero-order chi connectivity index (χ0) is 13.0. The number of likely N-dealkylation sites (N-methyl/N-ethyl adjacent to an activating group) is 1. The molecule has 0 bridgehead atoms. The SMILES string of the molecule is CN(C)C(=O)CNC1CCOC2(CCCCC2)C1. The molecule has 0 radical (unpaired) electrons. The maximum atomic E-state index is 11.6. The summed E-state index contributed by atoms with van der Waals surface area (Å²) >= 11 is 0. The highest BCUT2D eigenvalue weighted by molar-refractivity contribution is 5.77. The van der Waals surface area contributed by atoms with Gasteiger partial charge in [0.2, 0.25) is 5.91 Å². The molecule has 18 heavy (non-hydrogen) atoms. The number of hydrogen-bond donors (Lipinski definition) is 1. The van der Waals surface area contributed by atoms with Gasteiger partial charge in [-0.3, -0.25) is 4.79 Å². The maximum Gasteiger partial charge on any atom is 0.236 e. The molecule has 1 heterocycles. The smallest absolute Gasteiger partial charge is 0.236 e. The molecule has 0 aromatic rings. The highest BCUT2D eigenvalue weighted by atomic mass is 16.5. The largest absolute Gasteiger partial charge is 0.375 e. The Morgan fingerprint density at radius 1 is 1.33 bits per heavy atom. The summed E-state index contributed by atoms with van der Waals surface area (Å²) < 4.78 is 6.06. The van der Waals surface area contributed by atoms with Crippen LogP contribution in [0.5, 0.6) is 0 Å². The van der Waals surface area contributed by atoms with Gasteiger partial charge in [-0.05, 0) is 25.7 Å². The van der Waals surface area contributed by atoms with E-state index in [1.807, 2.05) is 0 Å². The summed E-state index contributed by atoms with van der Waals surface area (Å²) in [6.45, 7) is 1.29. The van der Waals surface area contributed by atoms with Gasteiger partial charge in [0, 0.05) is 26.7 Å². The zero-order valence-corrected chi connectivity index (χ0v) is 11.7. The molecule has 0 aromatic heterocycles. The first-order chi connectivity index (χ1) is 8.61. The summed E-state index contributed by atoms with van der Waals surface area (Å²) in [5.41, 5.74) is 0.120. The zero-order valence-electron chi connectivity index (χ0n) is 11.7. The van der Waals surface area contributed by atoms with E-state index in [1.54, 1.807) is 19.0 Å². The van der Waals surface area contributed by atoms with Gasteiger partial charge in [-0.1, -0.05) is 19.3 Å². The Morgan fingerprint density at radius 2 is 2.06 bits per heavy atom. The average molecular weight is 254 g/mol. The second-order valence-corrected chi connectivity index (χ2v) is 5.95. The van der Waals surface area contributed by atoms with Crippen LogP contribution in [0, 0.1) is 0 Å². The minimum atomic E-state index is 0.120. The van der Waals surface area contributed by atoms with Crippen molar-refractivity contribution in [2.24, 2.45) is 0 Å². The molecule has 2 rings (SSSR count). The molecule has 1 atom stereocenters. The Labute approximate surface area is 110 Å². The minimum Gasteiger partial charge on any atom is -0.375 e. The van der Waals surface area contributed by atoms with Crippen molar-refractivity contribution in [1.82, 2.24) is 10.2 Å². The van der Waals surface area contributed by atoms with Crippen LogP contribution in [0.15, 0.2) is 0 Å². The normalized spacial score (nSPS) is 27.1. The fraction of sp³-hybridized carbons (Fsp3) is 0.929. The van der Waals surface area contributed by atoms with Gasteiger partial charge in [0.1, 0.15) is 0 Å². The fourth-order valence-corrected chi connectivity index (χ4v) is 3.14. The first kappa shape index (κ1) is 13.8. The lowest BCUT2D eigenvalue weighted by molar-refractivity contribution is -0.129. The van der Waals surface area contributed by atoms with E-state index < -0.39 is 0 Å². The van der Waals surface area contributed by atoms with Crippen LogP contribution in [0.3, 0.4) is 0 Å². The lowest BCUT2D eigenvalue weighted by Crippen LogP contribution is -2.49. The van der Waals surface area contributed by atoms with Crippen molar-refractivity contribution in [1.29, 1.82) is 0 Å². The predicted molar refractivity (Wildman–Crippen MR) is 71.5 cm³/mol. The first-order valence-electron chi connectivity index (χ1n) is 7.19. The number of nitrogens with one attached hydrogen (secondary N) is 1. The number of hydrogen-bond acceptors (Lipinski definition) is 3. The molecule has 0 aromatic carbocycles. The fourth-order valence-electron chi connectivity index (χ4n) is 3.14. The van der Waals surface area contributed by atoms with Gasteiger partial charge in [0.25, 0.3) is 0 Å². The van der Waals surface area contributed by atoms with Crippen molar-refractivity contribution in [3.05, 3.63) is 0 Å². The van der Waals surface area contributed by atoms with Gasteiger partial charge in [0.15, 0.2) is 0 Å². The number of nitrogens with zero attached hydrogens (tertiary/aromatic N) is 1. The Balaban J connectivity index is 1.81. The van der Waals surface area contributed by atoms with Gasteiger partial charge in [-0.15, -0.1) is 0 Å². The van der Waals surface area contributed by atoms with Crippen LogP contribution >= 0.6 is 0 Å². The lowest BCUT2D eigenvalue weighted by Gasteiger charge is -2.43. The molecule has 4 nitrogen and oxygen atoms in total. The minimum absolute atomic E-state index is 0.120. The monoisotopic (exact) mass is 254 g/mol. The molecule has 1 saturated heterocycles. The second-order valence-electron chi connectivity index (χ2n) is 5.95. The molecule has 1 aliphatic carbocycles. The molecular weight excluding hydrogens is 228 g/mol. The van der Waals surface area contributed by atoms with Gasteiger partial charge >= 0.3 is 0 Å². The van der Waals surface area contributed by atoms with E-state index in [1.165, 1.54) is 32.1 Å². The number of amides is 1. The van der Waals surface area contributed by atoms with Crippen molar-refractivity contribution in [3.8, 4) is 0 Å². The van der Waals surface area contributed by atoms with Crippen molar-refractivity contribution in [2.45, 2.75) is 56.6 Å². The van der Waals surface area contributed by atoms with Crippen LogP contribution in [0.1, 0.15) is 44.9 Å². The van der Waals surface area contributed by atoms with Crippen LogP contribution in [-0.2, 0) is 9.53 Å². The topological polar surface area (TPSA) is 41.6 Å². The molecule has 104 valence electrons. The molecule has 2 aliphatic rings. The number of carbonyl (C=O) groups is 1. The predicted octanol–water partition coefficient (Wildman–Crippen LogP) is 1.55. The third-order valence-electron chi connectivity index (χ3n) is 4.30. The van der Waals surface area contributed by atoms with Gasteiger partial charge in [-0.25, -0.2) is 0 Å². The molecule has 1 amide bonds. The van der Waals surface area contributed by atoms with E-state index in [9.17, 15) is 4.79 Å². The molecule has 4 heteroatoms. The molecule has 1 spiro atoms. The summed E-state index contributed by atoms with van der Waals surface area (Å²) in [5.74, 6) is 0.152. The number of ether oxygens (including phenoxy) is 1. The third kappa shape index (κ3) is 3.45. The quantitative estimate of drug-likeness (QED) is 0.831. The van der Waals surface area contributed by atoms with E-state index in [-0.39, 0.29) is 11.5 Å². The summed E-state index contributed by atoms with van der Waals surface area (Å²) in [7, 11) is 3.60. The molecule has 2 fully saturated rings.